The molecule has 7 nitrogen and oxygen atoms in total. The average molecular weight is 300 g/mol. The Morgan fingerprint density at radius 1 is 1.40 bits per heavy atom. The monoisotopic (exact) mass is 300 g/mol. The minimum absolute atomic E-state index is 0.147. The van der Waals surface area contributed by atoms with Crippen LogP contribution in [0.3, 0.4) is 0 Å². The van der Waals surface area contributed by atoms with Crippen LogP contribution >= 0.6 is 0 Å². The molecule has 0 fully saturated rings. The van der Waals surface area contributed by atoms with E-state index in [0.717, 1.165) is 12.1 Å². The van der Waals surface area contributed by atoms with Crippen molar-refractivity contribution in [3.05, 3.63) is 23.4 Å². The average Bonchev–Trinajstić information content (AvgIpc) is 2.41. The van der Waals surface area contributed by atoms with Gasteiger partial charge in [0.1, 0.15) is 5.82 Å². The zero-order chi connectivity index (χ0) is 15.2. The molecule has 1 aromatic heterocycles. The molecule has 0 aliphatic carbocycles. The Balaban J connectivity index is 2.63. The van der Waals surface area contributed by atoms with Crippen LogP contribution in [-0.4, -0.2) is 38.7 Å². The summed E-state index contributed by atoms with van der Waals surface area (Å²) in [5.74, 6) is 0.220. The summed E-state index contributed by atoms with van der Waals surface area (Å²) >= 11 is 0. The van der Waals surface area contributed by atoms with Crippen LogP contribution in [0.1, 0.15) is 29.4 Å². The van der Waals surface area contributed by atoms with E-state index in [1.54, 1.807) is 19.2 Å². The van der Waals surface area contributed by atoms with E-state index < -0.39 is 10.0 Å². The summed E-state index contributed by atoms with van der Waals surface area (Å²) in [5, 5.41) is 10.4. The molecule has 0 radical (unpaired) electrons. The lowest BCUT2D eigenvalue weighted by Crippen LogP contribution is -2.27. The van der Waals surface area contributed by atoms with Crippen LogP contribution in [0.5, 0.6) is 0 Å². The first kappa shape index (κ1) is 16.4. The maximum atomic E-state index is 12.0. The number of carbonyl (C=O) groups excluding carboxylic acids is 1. The number of aryl methyl sites for hydroxylation is 1. The lowest BCUT2D eigenvalue weighted by Gasteiger charge is -2.08. The Bertz CT molecular complexity index is 550. The number of aromatic nitrogens is 1. The van der Waals surface area contributed by atoms with E-state index >= 15 is 0 Å². The van der Waals surface area contributed by atoms with Crippen molar-refractivity contribution in [2.45, 2.75) is 19.8 Å². The van der Waals surface area contributed by atoms with E-state index in [4.69, 9.17) is 5.14 Å². The fraction of sp³-hybridized carbons (Fsp3) is 0.500. The highest BCUT2D eigenvalue weighted by Gasteiger charge is 2.09. The SMILES string of the molecule is CCc1cc(C(=O)NCCCS(N)(=O)=O)cc(NC)n1. The molecule has 0 aromatic carbocycles. The van der Waals surface area contributed by atoms with Gasteiger partial charge in [0.15, 0.2) is 0 Å². The number of nitrogens with one attached hydrogen (secondary N) is 2. The molecule has 8 heteroatoms. The molecule has 0 aliphatic heterocycles. The first-order chi connectivity index (χ1) is 9.35. The number of hydrogen-bond donors (Lipinski definition) is 3. The molecule has 0 atom stereocenters. The molecular weight excluding hydrogens is 280 g/mol. The van der Waals surface area contributed by atoms with E-state index in [-0.39, 0.29) is 24.6 Å². The Morgan fingerprint density at radius 2 is 2.10 bits per heavy atom. The van der Waals surface area contributed by atoms with Gasteiger partial charge in [-0.1, -0.05) is 6.92 Å². The molecule has 1 amide bonds. The zero-order valence-corrected chi connectivity index (χ0v) is 12.5. The normalized spacial score (nSPS) is 11.2. The highest BCUT2D eigenvalue weighted by molar-refractivity contribution is 7.89. The largest absolute Gasteiger partial charge is 0.373 e. The number of primary sulfonamides is 1. The van der Waals surface area contributed by atoms with Crippen molar-refractivity contribution in [1.82, 2.24) is 10.3 Å². The third kappa shape index (κ3) is 5.54. The number of rotatable bonds is 7. The van der Waals surface area contributed by atoms with Crippen LogP contribution in [0.4, 0.5) is 5.82 Å². The molecule has 0 saturated heterocycles. The summed E-state index contributed by atoms with van der Waals surface area (Å²) in [6, 6.07) is 3.37. The minimum Gasteiger partial charge on any atom is -0.373 e. The predicted molar refractivity (Wildman–Crippen MR) is 78.1 cm³/mol. The van der Waals surface area contributed by atoms with E-state index in [1.165, 1.54) is 0 Å². The van der Waals surface area contributed by atoms with Crippen molar-refractivity contribution in [3.8, 4) is 0 Å². The van der Waals surface area contributed by atoms with E-state index in [9.17, 15) is 13.2 Å². The van der Waals surface area contributed by atoms with Gasteiger partial charge in [-0.2, -0.15) is 0 Å². The Labute approximate surface area is 119 Å². The minimum atomic E-state index is -3.48. The van der Waals surface area contributed by atoms with Crippen LogP contribution in [-0.2, 0) is 16.4 Å². The number of amides is 1. The number of sulfonamides is 1. The summed E-state index contributed by atoms with van der Waals surface area (Å²) < 4.78 is 21.5. The summed E-state index contributed by atoms with van der Waals surface area (Å²) in [6.45, 7) is 2.21. The molecule has 0 aliphatic rings. The van der Waals surface area contributed by atoms with Gasteiger partial charge >= 0.3 is 0 Å². The quantitative estimate of drug-likeness (QED) is 0.618. The highest BCUT2D eigenvalue weighted by atomic mass is 32.2. The maximum absolute atomic E-state index is 12.0. The van der Waals surface area contributed by atoms with Crippen molar-refractivity contribution in [1.29, 1.82) is 0 Å². The second-order valence-electron chi connectivity index (χ2n) is 4.31. The van der Waals surface area contributed by atoms with Gasteiger partial charge in [-0.05, 0) is 25.0 Å². The maximum Gasteiger partial charge on any atom is 0.251 e. The van der Waals surface area contributed by atoms with Crippen molar-refractivity contribution in [2.24, 2.45) is 5.14 Å². The van der Waals surface area contributed by atoms with Gasteiger partial charge < -0.3 is 10.6 Å². The van der Waals surface area contributed by atoms with Crippen molar-refractivity contribution >= 4 is 21.7 Å². The van der Waals surface area contributed by atoms with Crippen LogP contribution < -0.4 is 15.8 Å². The second-order valence-corrected chi connectivity index (χ2v) is 6.05. The van der Waals surface area contributed by atoms with Crippen molar-refractivity contribution < 1.29 is 13.2 Å². The summed E-state index contributed by atoms with van der Waals surface area (Å²) in [7, 11) is -1.75. The molecule has 20 heavy (non-hydrogen) atoms. The van der Waals surface area contributed by atoms with Gasteiger partial charge in [0.05, 0.1) is 5.75 Å². The smallest absolute Gasteiger partial charge is 0.251 e. The van der Waals surface area contributed by atoms with Crippen LogP contribution in [0.15, 0.2) is 12.1 Å². The first-order valence-corrected chi connectivity index (χ1v) is 8.04. The van der Waals surface area contributed by atoms with Gasteiger partial charge in [-0.25, -0.2) is 18.5 Å². The van der Waals surface area contributed by atoms with Crippen LogP contribution in [0.25, 0.3) is 0 Å². The predicted octanol–water partition coefficient (Wildman–Crippen LogP) is 0.0941. The van der Waals surface area contributed by atoms with Gasteiger partial charge in [0.2, 0.25) is 10.0 Å². The zero-order valence-electron chi connectivity index (χ0n) is 11.6. The topological polar surface area (TPSA) is 114 Å². The lowest BCUT2D eigenvalue weighted by atomic mass is 10.2. The Kier molecular flexibility index (Phi) is 5.90. The third-order valence-corrected chi connectivity index (χ3v) is 3.51. The molecule has 0 spiro atoms. The third-order valence-electron chi connectivity index (χ3n) is 2.65. The Hall–Kier alpha value is -1.67. The number of nitrogens with zero attached hydrogens (tertiary/aromatic N) is 1. The summed E-state index contributed by atoms with van der Waals surface area (Å²) in [5.41, 5.74) is 1.31. The lowest BCUT2D eigenvalue weighted by molar-refractivity contribution is 0.0953. The molecular formula is C12H20N4O3S. The number of carbonyl (C=O) groups is 1. The van der Waals surface area contributed by atoms with Crippen LogP contribution in [0.2, 0.25) is 0 Å². The number of anilines is 1. The molecule has 112 valence electrons. The molecule has 1 rings (SSSR count). The molecule has 4 N–H and O–H groups in total. The molecule has 0 saturated carbocycles. The number of nitrogens with two attached hydrogens (primary N) is 1. The summed E-state index contributed by atoms with van der Waals surface area (Å²) in [4.78, 5) is 16.3. The van der Waals surface area contributed by atoms with E-state index in [0.29, 0.717) is 11.4 Å². The van der Waals surface area contributed by atoms with Gasteiger partial charge in [-0.15, -0.1) is 0 Å². The summed E-state index contributed by atoms with van der Waals surface area (Å²) in [6.07, 6.45) is 1.01. The van der Waals surface area contributed by atoms with Crippen molar-refractivity contribution in [3.63, 3.8) is 0 Å². The molecule has 1 heterocycles. The second kappa shape index (κ2) is 7.20. The molecule has 1 aromatic rings. The van der Waals surface area contributed by atoms with E-state index in [2.05, 4.69) is 15.6 Å². The number of pyridine rings is 1. The van der Waals surface area contributed by atoms with Crippen molar-refractivity contribution in [2.75, 3.05) is 24.7 Å². The van der Waals surface area contributed by atoms with Gasteiger partial charge in [0, 0.05) is 24.8 Å². The molecule has 0 bridgehead atoms. The molecule has 0 unspecified atom stereocenters. The standard InChI is InChI=1S/C12H20N4O3S/c1-3-10-7-9(8-11(14-2)16-10)12(17)15-5-4-6-20(13,18)19/h7-8H,3-6H2,1-2H3,(H,14,16)(H,15,17)(H2,13,18,19). The van der Waals surface area contributed by atoms with Gasteiger partial charge in [0.25, 0.3) is 5.91 Å². The van der Waals surface area contributed by atoms with E-state index in [1.807, 2.05) is 6.92 Å². The fourth-order valence-electron chi connectivity index (χ4n) is 1.61. The number of hydrogen-bond acceptors (Lipinski definition) is 5. The Morgan fingerprint density at radius 3 is 2.65 bits per heavy atom. The highest BCUT2D eigenvalue weighted by Crippen LogP contribution is 2.10. The first-order valence-electron chi connectivity index (χ1n) is 6.33. The van der Waals surface area contributed by atoms with Crippen LogP contribution in [0, 0.1) is 0 Å². The van der Waals surface area contributed by atoms with Gasteiger partial charge in [-0.3, -0.25) is 4.79 Å². The fourth-order valence-corrected chi connectivity index (χ4v) is 2.15.